The Morgan fingerprint density at radius 1 is 1.30 bits per heavy atom. The molecule has 1 aromatic carbocycles. The summed E-state index contributed by atoms with van der Waals surface area (Å²) in [7, 11) is 0. The highest BCUT2D eigenvalue weighted by atomic mass is 16.5. The number of ether oxygens (including phenoxy) is 1. The van der Waals surface area contributed by atoms with Gasteiger partial charge in [-0.3, -0.25) is 0 Å². The summed E-state index contributed by atoms with van der Waals surface area (Å²) in [6.45, 7) is 4.78. The minimum atomic E-state index is -0.266. The number of hydrogen-bond acceptors (Lipinski definition) is 3. The molecular weight excluding hydrogens is 248 g/mol. The number of nitriles is 1. The first-order chi connectivity index (χ1) is 9.80. The van der Waals surface area contributed by atoms with Crippen LogP contribution in [0.1, 0.15) is 38.2 Å². The summed E-state index contributed by atoms with van der Waals surface area (Å²) in [5.41, 5.74) is 0.893. The Labute approximate surface area is 121 Å². The molecule has 0 saturated heterocycles. The zero-order chi connectivity index (χ0) is 14.3. The van der Waals surface area contributed by atoms with Crippen LogP contribution in [0.25, 0.3) is 0 Å². The van der Waals surface area contributed by atoms with Crippen molar-refractivity contribution < 1.29 is 4.74 Å². The molecule has 0 unspecified atom stereocenters. The molecule has 3 heteroatoms. The molecule has 108 valence electrons. The Balaban J connectivity index is 1.69. The van der Waals surface area contributed by atoms with Crippen molar-refractivity contribution in [2.45, 2.75) is 44.1 Å². The SMILES string of the molecule is CCCOCCCNC1CC(C#N)(c2ccccc2)C1. The van der Waals surface area contributed by atoms with Crippen molar-refractivity contribution in [1.29, 1.82) is 5.26 Å². The molecule has 1 fully saturated rings. The van der Waals surface area contributed by atoms with Gasteiger partial charge in [0.2, 0.25) is 0 Å². The molecule has 0 amide bonds. The van der Waals surface area contributed by atoms with Gasteiger partial charge in [0.25, 0.3) is 0 Å². The Kier molecular flexibility index (Phi) is 5.58. The summed E-state index contributed by atoms with van der Waals surface area (Å²) in [6, 6.07) is 13.2. The predicted molar refractivity (Wildman–Crippen MR) is 80.5 cm³/mol. The van der Waals surface area contributed by atoms with Gasteiger partial charge >= 0.3 is 0 Å². The van der Waals surface area contributed by atoms with Crippen molar-refractivity contribution in [3.8, 4) is 6.07 Å². The molecule has 0 radical (unpaired) electrons. The molecule has 0 aromatic heterocycles. The fraction of sp³-hybridized carbons (Fsp3) is 0.588. The number of nitrogens with one attached hydrogen (secondary N) is 1. The molecule has 20 heavy (non-hydrogen) atoms. The van der Waals surface area contributed by atoms with Crippen molar-refractivity contribution in [3.05, 3.63) is 35.9 Å². The molecule has 0 heterocycles. The summed E-state index contributed by atoms with van der Waals surface area (Å²) in [5.74, 6) is 0. The minimum absolute atomic E-state index is 0.266. The molecule has 1 aliphatic carbocycles. The van der Waals surface area contributed by atoms with Crippen LogP contribution < -0.4 is 5.32 Å². The molecule has 1 aromatic rings. The largest absolute Gasteiger partial charge is 0.381 e. The van der Waals surface area contributed by atoms with Crippen molar-refractivity contribution in [1.82, 2.24) is 5.32 Å². The fourth-order valence-electron chi connectivity index (χ4n) is 2.80. The van der Waals surface area contributed by atoms with Gasteiger partial charge < -0.3 is 10.1 Å². The van der Waals surface area contributed by atoms with E-state index < -0.39 is 0 Å². The summed E-state index contributed by atoms with van der Waals surface area (Å²) < 4.78 is 5.46. The topological polar surface area (TPSA) is 45.0 Å². The van der Waals surface area contributed by atoms with E-state index in [4.69, 9.17) is 4.74 Å². The molecule has 0 aliphatic heterocycles. The van der Waals surface area contributed by atoms with Crippen molar-refractivity contribution in [3.63, 3.8) is 0 Å². The third-order valence-electron chi connectivity index (χ3n) is 3.98. The Bertz CT molecular complexity index is 432. The van der Waals surface area contributed by atoms with Gasteiger partial charge in [-0.25, -0.2) is 0 Å². The van der Waals surface area contributed by atoms with E-state index in [1.54, 1.807) is 0 Å². The van der Waals surface area contributed by atoms with Gasteiger partial charge in [0, 0.05) is 19.3 Å². The van der Waals surface area contributed by atoms with Crippen LogP contribution >= 0.6 is 0 Å². The van der Waals surface area contributed by atoms with Gasteiger partial charge in [0.1, 0.15) is 0 Å². The molecule has 1 saturated carbocycles. The molecule has 3 nitrogen and oxygen atoms in total. The monoisotopic (exact) mass is 272 g/mol. The van der Waals surface area contributed by atoms with E-state index in [0.29, 0.717) is 6.04 Å². The van der Waals surface area contributed by atoms with Crippen LogP contribution in [0.4, 0.5) is 0 Å². The number of rotatable bonds is 8. The van der Waals surface area contributed by atoms with Gasteiger partial charge in [-0.05, 0) is 37.8 Å². The van der Waals surface area contributed by atoms with E-state index >= 15 is 0 Å². The average Bonchev–Trinajstić information content (AvgIpc) is 2.46. The maximum absolute atomic E-state index is 9.48. The van der Waals surface area contributed by atoms with Gasteiger partial charge in [0.15, 0.2) is 0 Å². The molecule has 0 spiro atoms. The molecule has 1 aliphatic rings. The maximum Gasteiger partial charge on any atom is 0.0852 e. The highest BCUT2D eigenvalue weighted by Gasteiger charge is 2.45. The molecule has 2 rings (SSSR count). The second kappa shape index (κ2) is 7.42. The van der Waals surface area contributed by atoms with E-state index in [9.17, 15) is 5.26 Å². The fourth-order valence-corrected chi connectivity index (χ4v) is 2.80. The molecule has 0 bridgehead atoms. The summed E-state index contributed by atoms with van der Waals surface area (Å²) >= 11 is 0. The predicted octanol–water partition coefficient (Wildman–Crippen LogP) is 3.02. The van der Waals surface area contributed by atoms with E-state index in [-0.39, 0.29) is 5.41 Å². The summed E-state index contributed by atoms with van der Waals surface area (Å²) in [6.07, 6.45) is 3.96. The van der Waals surface area contributed by atoms with Crippen molar-refractivity contribution >= 4 is 0 Å². The number of nitrogens with zero attached hydrogens (tertiary/aromatic N) is 1. The third-order valence-corrected chi connectivity index (χ3v) is 3.98. The Morgan fingerprint density at radius 3 is 2.70 bits per heavy atom. The third kappa shape index (κ3) is 3.59. The first-order valence-electron chi connectivity index (χ1n) is 7.58. The molecule has 0 atom stereocenters. The van der Waals surface area contributed by atoms with Crippen LogP contribution in [0.3, 0.4) is 0 Å². The highest BCUT2D eigenvalue weighted by molar-refractivity contribution is 5.36. The van der Waals surface area contributed by atoms with Gasteiger partial charge in [-0.1, -0.05) is 37.3 Å². The lowest BCUT2D eigenvalue weighted by Crippen LogP contribution is -2.51. The first-order valence-corrected chi connectivity index (χ1v) is 7.58. The van der Waals surface area contributed by atoms with Gasteiger partial charge in [-0.15, -0.1) is 0 Å². The zero-order valence-corrected chi connectivity index (χ0v) is 12.3. The zero-order valence-electron chi connectivity index (χ0n) is 12.3. The standard InChI is InChI=1S/C17H24N2O/c1-2-10-20-11-6-9-19-16-12-17(13-16,14-18)15-7-4-3-5-8-15/h3-5,7-8,16,19H,2,6,9-13H2,1H3. The van der Waals surface area contributed by atoms with Crippen molar-refractivity contribution in [2.75, 3.05) is 19.8 Å². The number of benzene rings is 1. The van der Waals surface area contributed by atoms with Crippen LogP contribution in [0.5, 0.6) is 0 Å². The lowest BCUT2D eigenvalue weighted by Gasteiger charge is -2.43. The van der Waals surface area contributed by atoms with Crippen molar-refractivity contribution in [2.24, 2.45) is 0 Å². The average molecular weight is 272 g/mol. The van der Waals surface area contributed by atoms with E-state index in [2.05, 4.69) is 30.4 Å². The maximum atomic E-state index is 9.48. The summed E-state index contributed by atoms with van der Waals surface area (Å²) in [5, 5.41) is 13.0. The van der Waals surface area contributed by atoms with Gasteiger partial charge in [0.05, 0.1) is 11.5 Å². The minimum Gasteiger partial charge on any atom is -0.381 e. The smallest absolute Gasteiger partial charge is 0.0852 e. The van der Waals surface area contributed by atoms with Crippen LogP contribution in [0.15, 0.2) is 30.3 Å². The Morgan fingerprint density at radius 2 is 2.05 bits per heavy atom. The normalized spacial score (nSPS) is 24.9. The van der Waals surface area contributed by atoms with E-state index in [1.165, 1.54) is 0 Å². The lowest BCUT2D eigenvalue weighted by atomic mass is 9.62. The first kappa shape index (κ1) is 15.0. The van der Waals surface area contributed by atoms with E-state index in [0.717, 1.165) is 51.0 Å². The lowest BCUT2D eigenvalue weighted by molar-refractivity contribution is 0.129. The number of hydrogen-bond donors (Lipinski definition) is 1. The van der Waals surface area contributed by atoms with Crippen LogP contribution in [-0.4, -0.2) is 25.8 Å². The highest BCUT2D eigenvalue weighted by Crippen LogP contribution is 2.43. The second-order valence-corrected chi connectivity index (χ2v) is 5.59. The van der Waals surface area contributed by atoms with Crippen LogP contribution in [0.2, 0.25) is 0 Å². The molecular formula is C17H24N2O. The quantitative estimate of drug-likeness (QED) is 0.740. The Hall–Kier alpha value is -1.37. The summed E-state index contributed by atoms with van der Waals surface area (Å²) in [4.78, 5) is 0. The van der Waals surface area contributed by atoms with E-state index in [1.807, 2.05) is 18.2 Å². The van der Waals surface area contributed by atoms with Crippen LogP contribution in [-0.2, 0) is 10.2 Å². The molecule has 1 N–H and O–H groups in total. The van der Waals surface area contributed by atoms with Gasteiger partial charge in [-0.2, -0.15) is 5.26 Å². The second-order valence-electron chi connectivity index (χ2n) is 5.59. The van der Waals surface area contributed by atoms with Crippen LogP contribution in [0, 0.1) is 11.3 Å².